The molecule has 1 aliphatic heterocycles. The second kappa shape index (κ2) is 6.77. The zero-order chi connectivity index (χ0) is 18.9. The zero-order valence-corrected chi connectivity index (χ0v) is 13.7. The molecule has 2 aromatic rings. The molecule has 0 radical (unpaired) electrons. The summed E-state index contributed by atoms with van der Waals surface area (Å²) < 4.78 is 38.0. The fraction of sp³-hybridized carbons (Fsp3) is 0.375. The lowest BCUT2D eigenvalue weighted by molar-refractivity contribution is -0.168. The van der Waals surface area contributed by atoms with Gasteiger partial charge in [0, 0.05) is 18.0 Å². The summed E-state index contributed by atoms with van der Waals surface area (Å²) in [6, 6.07) is 1.86. The number of nitrogens with zero attached hydrogens (tertiary/aromatic N) is 2. The first kappa shape index (κ1) is 17.9. The van der Waals surface area contributed by atoms with E-state index in [-0.39, 0.29) is 18.4 Å². The van der Waals surface area contributed by atoms with Crippen LogP contribution >= 0.6 is 0 Å². The number of alkyl halides is 3. The number of anilines is 1. The van der Waals surface area contributed by atoms with Crippen LogP contribution < -0.4 is 16.0 Å². The number of piperidine rings is 1. The van der Waals surface area contributed by atoms with Crippen molar-refractivity contribution < 1.29 is 22.8 Å². The van der Waals surface area contributed by atoms with Gasteiger partial charge in [-0.2, -0.15) is 13.2 Å². The first-order valence-corrected chi connectivity index (χ1v) is 7.90. The Balaban J connectivity index is 1.73. The van der Waals surface area contributed by atoms with Gasteiger partial charge in [0.2, 0.25) is 5.91 Å². The van der Waals surface area contributed by atoms with Gasteiger partial charge in [0.25, 0.3) is 5.91 Å². The number of carbonyl (C=O) groups excluding carboxylic acids is 2. The number of amides is 2. The van der Waals surface area contributed by atoms with Gasteiger partial charge in [-0.05, 0) is 31.0 Å². The average Bonchev–Trinajstić information content (AvgIpc) is 2.61. The number of carbonyl (C=O) groups is 2. The summed E-state index contributed by atoms with van der Waals surface area (Å²) in [5, 5.41) is 8.00. The molecule has 0 bridgehead atoms. The number of hydrogen-bond donors (Lipinski definition) is 3. The molecule has 2 heterocycles. The number of rotatable bonds is 3. The van der Waals surface area contributed by atoms with Crippen molar-refractivity contribution >= 4 is 28.5 Å². The third-order valence-electron chi connectivity index (χ3n) is 4.21. The quantitative estimate of drug-likeness (QED) is 0.766. The lowest BCUT2D eigenvalue weighted by atomic mass is 9.99. The highest BCUT2D eigenvalue weighted by molar-refractivity contribution is 6.01. The highest BCUT2D eigenvalue weighted by Gasteiger charge is 2.44. The van der Waals surface area contributed by atoms with Crippen molar-refractivity contribution in [1.82, 2.24) is 20.6 Å². The second-order valence-corrected chi connectivity index (χ2v) is 5.91. The SMILES string of the molecule is CNc1ncnc2cc(C(=O)N[C@@H]3CC[C@H](C(F)(F)F)NC3=O)ccc12. The van der Waals surface area contributed by atoms with Gasteiger partial charge in [-0.3, -0.25) is 9.59 Å². The molecule has 26 heavy (non-hydrogen) atoms. The molecule has 1 aromatic heterocycles. The van der Waals surface area contributed by atoms with Gasteiger partial charge in [0.05, 0.1) is 5.52 Å². The van der Waals surface area contributed by atoms with E-state index in [1.807, 2.05) is 5.32 Å². The van der Waals surface area contributed by atoms with Gasteiger partial charge < -0.3 is 16.0 Å². The third kappa shape index (κ3) is 3.53. The van der Waals surface area contributed by atoms with Gasteiger partial charge in [0.1, 0.15) is 24.2 Å². The van der Waals surface area contributed by atoms with Gasteiger partial charge in [-0.25, -0.2) is 9.97 Å². The minimum absolute atomic E-state index is 0.0819. The summed E-state index contributed by atoms with van der Waals surface area (Å²) >= 11 is 0. The highest BCUT2D eigenvalue weighted by atomic mass is 19.4. The third-order valence-corrected chi connectivity index (χ3v) is 4.21. The smallest absolute Gasteiger partial charge is 0.373 e. The molecular weight excluding hydrogens is 351 g/mol. The van der Waals surface area contributed by atoms with Crippen molar-refractivity contribution in [3.8, 4) is 0 Å². The Bertz CT molecular complexity index is 855. The largest absolute Gasteiger partial charge is 0.408 e. The van der Waals surface area contributed by atoms with Crippen LogP contribution in [0, 0.1) is 0 Å². The molecule has 0 unspecified atom stereocenters. The molecule has 1 aromatic carbocycles. The summed E-state index contributed by atoms with van der Waals surface area (Å²) in [6.45, 7) is 0. The number of hydrogen-bond acceptors (Lipinski definition) is 5. The fourth-order valence-electron chi connectivity index (χ4n) is 2.83. The molecule has 0 spiro atoms. The van der Waals surface area contributed by atoms with Crippen LogP contribution in [0.4, 0.5) is 19.0 Å². The predicted octanol–water partition coefficient (Wildman–Crippen LogP) is 1.61. The Labute approximate surface area is 146 Å². The molecule has 10 heteroatoms. The molecule has 1 saturated heterocycles. The molecular formula is C16H16F3N5O2. The molecule has 2 amide bonds. The van der Waals surface area contributed by atoms with Crippen molar-refractivity contribution in [2.75, 3.05) is 12.4 Å². The lowest BCUT2D eigenvalue weighted by Gasteiger charge is -2.30. The van der Waals surface area contributed by atoms with E-state index < -0.39 is 30.1 Å². The van der Waals surface area contributed by atoms with E-state index in [2.05, 4.69) is 20.6 Å². The first-order valence-electron chi connectivity index (χ1n) is 7.90. The Morgan fingerprint density at radius 2 is 2.04 bits per heavy atom. The van der Waals surface area contributed by atoms with E-state index >= 15 is 0 Å². The van der Waals surface area contributed by atoms with Crippen molar-refractivity contribution in [3.05, 3.63) is 30.1 Å². The zero-order valence-electron chi connectivity index (χ0n) is 13.7. The second-order valence-electron chi connectivity index (χ2n) is 5.91. The number of halogens is 3. The average molecular weight is 367 g/mol. The summed E-state index contributed by atoms with van der Waals surface area (Å²) in [5.41, 5.74) is 0.784. The van der Waals surface area contributed by atoms with E-state index in [0.29, 0.717) is 11.3 Å². The minimum atomic E-state index is -4.49. The normalized spacial score (nSPS) is 20.5. The maximum absolute atomic E-state index is 12.7. The van der Waals surface area contributed by atoms with E-state index in [1.165, 1.54) is 12.4 Å². The molecule has 3 rings (SSSR count). The molecule has 138 valence electrons. The van der Waals surface area contributed by atoms with Crippen molar-refractivity contribution in [1.29, 1.82) is 0 Å². The van der Waals surface area contributed by atoms with Crippen LogP contribution in [0.25, 0.3) is 10.9 Å². The van der Waals surface area contributed by atoms with Gasteiger partial charge in [0.15, 0.2) is 0 Å². The van der Waals surface area contributed by atoms with Gasteiger partial charge >= 0.3 is 6.18 Å². The minimum Gasteiger partial charge on any atom is -0.373 e. The van der Waals surface area contributed by atoms with Crippen LogP contribution in [0.2, 0.25) is 0 Å². The maximum atomic E-state index is 12.7. The van der Waals surface area contributed by atoms with Crippen molar-refractivity contribution in [3.63, 3.8) is 0 Å². The number of nitrogens with one attached hydrogen (secondary N) is 3. The van der Waals surface area contributed by atoms with Crippen LogP contribution in [0.3, 0.4) is 0 Å². The number of benzene rings is 1. The molecule has 0 aliphatic carbocycles. The first-order chi connectivity index (χ1) is 12.3. The molecule has 2 atom stereocenters. The highest BCUT2D eigenvalue weighted by Crippen LogP contribution is 2.26. The van der Waals surface area contributed by atoms with E-state index in [1.54, 1.807) is 19.2 Å². The molecule has 1 fully saturated rings. The molecule has 7 nitrogen and oxygen atoms in total. The Kier molecular flexibility index (Phi) is 4.66. The van der Waals surface area contributed by atoms with Crippen molar-refractivity contribution in [2.45, 2.75) is 31.1 Å². The topological polar surface area (TPSA) is 96.0 Å². The predicted molar refractivity (Wildman–Crippen MR) is 87.6 cm³/mol. The fourth-order valence-corrected chi connectivity index (χ4v) is 2.83. The van der Waals surface area contributed by atoms with E-state index in [4.69, 9.17) is 0 Å². The monoisotopic (exact) mass is 367 g/mol. The Morgan fingerprint density at radius 3 is 2.69 bits per heavy atom. The molecule has 1 aliphatic rings. The summed E-state index contributed by atoms with van der Waals surface area (Å²) in [4.78, 5) is 32.4. The van der Waals surface area contributed by atoms with E-state index in [0.717, 1.165) is 5.39 Å². The van der Waals surface area contributed by atoms with E-state index in [9.17, 15) is 22.8 Å². The number of aromatic nitrogens is 2. The number of fused-ring (bicyclic) bond motifs is 1. The van der Waals surface area contributed by atoms with Crippen LogP contribution in [0.5, 0.6) is 0 Å². The standard InChI is InChI=1S/C16H16F3N5O2/c1-20-13-9-3-2-8(6-11(9)21-7-22-13)14(25)23-10-4-5-12(16(17,18)19)24-15(10)26/h2-3,6-7,10,12H,4-5H2,1H3,(H,23,25)(H,24,26)(H,20,21,22)/t10-,12-/m1/s1. The van der Waals surface area contributed by atoms with Crippen LogP contribution in [0.1, 0.15) is 23.2 Å². The summed E-state index contributed by atoms with van der Waals surface area (Å²) in [6.07, 6.45) is -3.51. The summed E-state index contributed by atoms with van der Waals surface area (Å²) in [5.74, 6) is -0.790. The van der Waals surface area contributed by atoms with Crippen LogP contribution in [-0.4, -0.2) is 47.1 Å². The molecule has 0 saturated carbocycles. The maximum Gasteiger partial charge on any atom is 0.408 e. The van der Waals surface area contributed by atoms with Crippen LogP contribution in [0.15, 0.2) is 24.5 Å². The Hall–Kier alpha value is -2.91. The van der Waals surface area contributed by atoms with Crippen LogP contribution in [-0.2, 0) is 4.79 Å². The van der Waals surface area contributed by atoms with Gasteiger partial charge in [-0.1, -0.05) is 0 Å². The van der Waals surface area contributed by atoms with Crippen molar-refractivity contribution in [2.24, 2.45) is 0 Å². The molecule has 3 N–H and O–H groups in total. The lowest BCUT2D eigenvalue weighted by Crippen LogP contribution is -2.57. The summed E-state index contributed by atoms with van der Waals surface area (Å²) in [7, 11) is 1.71. The van der Waals surface area contributed by atoms with Gasteiger partial charge in [-0.15, -0.1) is 0 Å². The Morgan fingerprint density at radius 1 is 1.27 bits per heavy atom.